The normalized spacial score (nSPS) is 19.9. The molecule has 0 saturated carbocycles. The van der Waals surface area contributed by atoms with E-state index in [4.69, 9.17) is 11.6 Å². The molecule has 1 saturated heterocycles. The zero-order valence-electron chi connectivity index (χ0n) is 15.3. The van der Waals surface area contributed by atoms with Gasteiger partial charge in [0.05, 0.1) is 10.6 Å². The van der Waals surface area contributed by atoms with Crippen LogP contribution in [0, 0.1) is 5.82 Å². The van der Waals surface area contributed by atoms with Crippen molar-refractivity contribution in [3.05, 3.63) is 58.9 Å². The lowest BCUT2D eigenvalue weighted by molar-refractivity contribution is 0.102. The number of benzene rings is 2. The molecule has 0 aliphatic carbocycles. The fourth-order valence-corrected chi connectivity index (χ4v) is 3.47. The van der Waals surface area contributed by atoms with Crippen LogP contribution in [0.1, 0.15) is 30.1 Å². The first kappa shape index (κ1) is 21.5. The molecular formula is C20H24Cl2FN3O. The number of piperidine rings is 1. The van der Waals surface area contributed by atoms with Crippen LogP contribution in [-0.4, -0.2) is 36.5 Å². The first-order valence-electron chi connectivity index (χ1n) is 8.75. The molecule has 2 aromatic carbocycles. The molecule has 0 spiro atoms. The number of anilines is 2. The molecule has 0 radical (unpaired) electrons. The summed E-state index contributed by atoms with van der Waals surface area (Å²) in [6, 6.07) is 12.3. The summed E-state index contributed by atoms with van der Waals surface area (Å²) in [7, 11) is 2.15. The highest BCUT2D eigenvalue weighted by atomic mass is 35.5. The van der Waals surface area contributed by atoms with Crippen LogP contribution in [0.3, 0.4) is 0 Å². The Hall–Kier alpha value is -1.82. The minimum atomic E-state index is -0.467. The Balaban J connectivity index is 0.00000261. The van der Waals surface area contributed by atoms with Gasteiger partial charge >= 0.3 is 0 Å². The van der Waals surface area contributed by atoms with E-state index in [9.17, 15) is 9.18 Å². The molecule has 2 atom stereocenters. The van der Waals surface area contributed by atoms with E-state index in [1.165, 1.54) is 12.1 Å². The lowest BCUT2D eigenvalue weighted by Crippen LogP contribution is -2.42. The summed E-state index contributed by atoms with van der Waals surface area (Å²) in [4.78, 5) is 14.7. The largest absolute Gasteiger partial charge is 0.382 e. The molecule has 27 heavy (non-hydrogen) atoms. The van der Waals surface area contributed by atoms with E-state index in [-0.39, 0.29) is 28.9 Å². The number of carbonyl (C=O) groups excluding carboxylic acids is 1. The van der Waals surface area contributed by atoms with Crippen LogP contribution in [0.15, 0.2) is 42.5 Å². The predicted octanol–water partition coefficient (Wildman–Crippen LogP) is 5.05. The average molecular weight is 412 g/mol. The lowest BCUT2D eigenvalue weighted by Gasteiger charge is -2.35. The SMILES string of the molecule is C[C@H]1C[C@@H](Nc2cccc(NC(=O)c3ccc(F)cc3Cl)c2)CCN1C.Cl. The Labute approximate surface area is 170 Å². The van der Waals surface area contributed by atoms with Gasteiger partial charge in [-0.05, 0) is 63.2 Å². The van der Waals surface area contributed by atoms with E-state index in [1.807, 2.05) is 24.3 Å². The monoisotopic (exact) mass is 411 g/mol. The first-order chi connectivity index (χ1) is 12.4. The molecule has 7 heteroatoms. The molecule has 1 aliphatic rings. The molecular weight excluding hydrogens is 388 g/mol. The van der Waals surface area contributed by atoms with Crippen LogP contribution in [0.4, 0.5) is 15.8 Å². The minimum Gasteiger partial charge on any atom is -0.382 e. The number of nitrogens with zero attached hydrogens (tertiary/aromatic N) is 1. The highest BCUT2D eigenvalue weighted by Gasteiger charge is 2.22. The summed E-state index contributed by atoms with van der Waals surface area (Å²) < 4.78 is 13.1. The average Bonchev–Trinajstić information content (AvgIpc) is 2.58. The van der Waals surface area contributed by atoms with Crippen molar-refractivity contribution in [2.75, 3.05) is 24.2 Å². The van der Waals surface area contributed by atoms with E-state index >= 15 is 0 Å². The standard InChI is InChI=1S/C20H23ClFN3O.ClH/c1-13-10-17(8-9-25(13)2)23-15-4-3-5-16(12-15)24-20(26)18-7-6-14(22)11-19(18)21;/h3-7,11-13,17,23H,8-10H2,1-2H3,(H,24,26);1H/t13-,17-;/m0./s1. The van der Waals surface area contributed by atoms with Gasteiger partial charge in [0.2, 0.25) is 0 Å². The van der Waals surface area contributed by atoms with Crippen molar-refractivity contribution in [3.63, 3.8) is 0 Å². The van der Waals surface area contributed by atoms with Crippen LogP contribution in [0.5, 0.6) is 0 Å². The third-order valence-corrected chi connectivity index (χ3v) is 5.19. The number of rotatable bonds is 4. The van der Waals surface area contributed by atoms with E-state index < -0.39 is 5.82 Å². The minimum absolute atomic E-state index is 0. The third-order valence-electron chi connectivity index (χ3n) is 4.88. The van der Waals surface area contributed by atoms with Crippen molar-refractivity contribution < 1.29 is 9.18 Å². The summed E-state index contributed by atoms with van der Waals surface area (Å²) >= 11 is 5.96. The van der Waals surface area contributed by atoms with Crippen molar-refractivity contribution in [1.29, 1.82) is 0 Å². The van der Waals surface area contributed by atoms with Crippen LogP contribution < -0.4 is 10.6 Å². The van der Waals surface area contributed by atoms with Crippen molar-refractivity contribution in [3.8, 4) is 0 Å². The second-order valence-electron chi connectivity index (χ2n) is 6.85. The smallest absolute Gasteiger partial charge is 0.257 e. The Morgan fingerprint density at radius 1 is 1.22 bits per heavy atom. The molecule has 2 N–H and O–H groups in total. The van der Waals surface area contributed by atoms with Crippen LogP contribution in [0.2, 0.25) is 5.02 Å². The number of halogens is 3. The van der Waals surface area contributed by atoms with Crippen LogP contribution in [-0.2, 0) is 0 Å². The Kier molecular flexibility index (Phi) is 7.48. The van der Waals surface area contributed by atoms with E-state index in [0.717, 1.165) is 31.1 Å². The van der Waals surface area contributed by atoms with Crippen molar-refractivity contribution in [1.82, 2.24) is 4.90 Å². The maximum absolute atomic E-state index is 13.1. The van der Waals surface area contributed by atoms with E-state index in [2.05, 4.69) is 29.5 Å². The summed E-state index contributed by atoms with van der Waals surface area (Å²) in [5.74, 6) is -0.829. The van der Waals surface area contributed by atoms with Crippen LogP contribution in [0.25, 0.3) is 0 Å². The molecule has 2 aromatic rings. The van der Waals surface area contributed by atoms with Gasteiger partial charge in [0.1, 0.15) is 5.82 Å². The Morgan fingerprint density at radius 3 is 2.67 bits per heavy atom. The highest BCUT2D eigenvalue weighted by molar-refractivity contribution is 6.34. The van der Waals surface area contributed by atoms with Gasteiger partial charge < -0.3 is 15.5 Å². The number of nitrogens with one attached hydrogen (secondary N) is 2. The zero-order chi connectivity index (χ0) is 18.7. The number of likely N-dealkylation sites (tertiary alicyclic amines) is 1. The molecule has 0 aromatic heterocycles. The maximum atomic E-state index is 13.1. The van der Waals surface area contributed by atoms with Crippen molar-refractivity contribution in [2.24, 2.45) is 0 Å². The molecule has 0 unspecified atom stereocenters. The third kappa shape index (κ3) is 5.58. The summed E-state index contributed by atoms with van der Waals surface area (Å²) in [6.45, 7) is 3.30. The molecule has 146 valence electrons. The number of hydrogen-bond donors (Lipinski definition) is 2. The van der Waals surface area contributed by atoms with Crippen molar-refractivity contribution >= 4 is 41.3 Å². The lowest BCUT2D eigenvalue weighted by atomic mass is 9.98. The molecule has 1 heterocycles. The van der Waals surface area contributed by atoms with Crippen molar-refractivity contribution in [2.45, 2.75) is 31.8 Å². The van der Waals surface area contributed by atoms with E-state index in [1.54, 1.807) is 0 Å². The summed E-state index contributed by atoms with van der Waals surface area (Å²) in [5, 5.41) is 6.46. The first-order valence-corrected chi connectivity index (χ1v) is 9.13. The topological polar surface area (TPSA) is 44.4 Å². The van der Waals surface area contributed by atoms with Crippen LogP contribution >= 0.6 is 24.0 Å². The number of amides is 1. The maximum Gasteiger partial charge on any atom is 0.257 e. The van der Waals surface area contributed by atoms with Gasteiger partial charge in [0.25, 0.3) is 5.91 Å². The molecule has 3 rings (SSSR count). The summed E-state index contributed by atoms with van der Waals surface area (Å²) in [6.07, 6.45) is 2.17. The number of hydrogen-bond acceptors (Lipinski definition) is 3. The summed E-state index contributed by atoms with van der Waals surface area (Å²) in [5.41, 5.74) is 1.88. The van der Waals surface area contributed by atoms with Gasteiger partial charge in [-0.1, -0.05) is 17.7 Å². The van der Waals surface area contributed by atoms with Gasteiger partial charge in [-0.2, -0.15) is 0 Å². The Morgan fingerprint density at radius 2 is 1.96 bits per heavy atom. The molecule has 1 aliphatic heterocycles. The van der Waals surface area contributed by atoms with Gasteiger partial charge in [0, 0.05) is 30.0 Å². The predicted molar refractivity (Wildman–Crippen MR) is 112 cm³/mol. The zero-order valence-corrected chi connectivity index (χ0v) is 16.9. The second-order valence-corrected chi connectivity index (χ2v) is 7.26. The quantitative estimate of drug-likeness (QED) is 0.739. The van der Waals surface area contributed by atoms with Gasteiger partial charge in [-0.25, -0.2) is 4.39 Å². The van der Waals surface area contributed by atoms with Gasteiger partial charge in [0.15, 0.2) is 0 Å². The highest BCUT2D eigenvalue weighted by Crippen LogP contribution is 2.23. The molecule has 1 amide bonds. The fourth-order valence-electron chi connectivity index (χ4n) is 3.21. The van der Waals surface area contributed by atoms with E-state index in [0.29, 0.717) is 17.8 Å². The number of carbonyl (C=O) groups is 1. The molecule has 0 bridgehead atoms. The Bertz CT molecular complexity index is 803. The second kappa shape index (κ2) is 9.40. The molecule has 4 nitrogen and oxygen atoms in total. The molecule has 1 fully saturated rings. The van der Waals surface area contributed by atoms with Gasteiger partial charge in [-0.15, -0.1) is 12.4 Å². The fraction of sp³-hybridized carbons (Fsp3) is 0.350. The van der Waals surface area contributed by atoms with Gasteiger partial charge in [-0.3, -0.25) is 4.79 Å².